The number of aryl methyl sites for hydroxylation is 1. The normalized spacial score (nSPS) is 14.0. The number of amides is 2. The highest BCUT2D eigenvalue weighted by molar-refractivity contribution is 7.92. The lowest BCUT2D eigenvalue weighted by Crippen LogP contribution is -2.52. The molecule has 3 aromatic rings. The molecule has 2 amide bonds. The van der Waals surface area contributed by atoms with E-state index in [2.05, 4.69) is 5.32 Å². The molecule has 10 nitrogen and oxygen atoms in total. The number of benzene rings is 3. The van der Waals surface area contributed by atoms with E-state index in [0.717, 1.165) is 41.1 Å². The lowest BCUT2D eigenvalue weighted by molar-refractivity contribution is -0.139. The van der Waals surface area contributed by atoms with Gasteiger partial charge in [-0.05, 0) is 68.7 Å². The fraction of sp³-hybridized carbons (Fsp3) is 0.394. The molecule has 0 unspecified atom stereocenters. The fourth-order valence-electron chi connectivity index (χ4n) is 5.29. The molecule has 1 fully saturated rings. The minimum Gasteiger partial charge on any atom is -0.497 e. The monoisotopic (exact) mass is 623 g/mol. The van der Waals surface area contributed by atoms with Crippen LogP contribution in [0.4, 0.5) is 5.69 Å². The van der Waals surface area contributed by atoms with Crippen molar-refractivity contribution in [3.05, 3.63) is 77.9 Å². The van der Waals surface area contributed by atoms with Crippen LogP contribution in [0.5, 0.6) is 17.2 Å². The zero-order valence-corrected chi connectivity index (χ0v) is 26.7. The van der Waals surface area contributed by atoms with Crippen LogP contribution >= 0.6 is 0 Å². The molecule has 0 heterocycles. The molecule has 1 saturated carbocycles. The fourth-order valence-corrected chi connectivity index (χ4v) is 6.69. The van der Waals surface area contributed by atoms with Crippen LogP contribution in [0.1, 0.15) is 43.7 Å². The second-order valence-corrected chi connectivity index (χ2v) is 12.8. The molecule has 0 radical (unpaired) electrons. The zero-order valence-electron chi connectivity index (χ0n) is 25.9. The molecule has 0 spiro atoms. The maximum atomic E-state index is 14.2. The Balaban J connectivity index is 1.74. The van der Waals surface area contributed by atoms with Gasteiger partial charge in [0, 0.05) is 18.7 Å². The van der Waals surface area contributed by atoms with Gasteiger partial charge in [0.05, 0.1) is 31.9 Å². The van der Waals surface area contributed by atoms with Gasteiger partial charge in [0.25, 0.3) is 10.0 Å². The summed E-state index contributed by atoms with van der Waals surface area (Å²) in [6, 6.07) is 17.5. The first-order valence-corrected chi connectivity index (χ1v) is 16.1. The van der Waals surface area contributed by atoms with Crippen LogP contribution < -0.4 is 23.8 Å². The van der Waals surface area contributed by atoms with E-state index in [0.29, 0.717) is 17.2 Å². The average Bonchev–Trinajstić information content (AvgIpc) is 3.55. The van der Waals surface area contributed by atoms with Crippen molar-refractivity contribution in [2.45, 2.75) is 63.1 Å². The van der Waals surface area contributed by atoms with Gasteiger partial charge in [-0.2, -0.15) is 0 Å². The second-order valence-electron chi connectivity index (χ2n) is 10.9. The number of rotatable bonds is 13. The summed E-state index contributed by atoms with van der Waals surface area (Å²) in [6.07, 6.45) is 3.88. The number of nitrogens with one attached hydrogen (secondary N) is 1. The molecular formula is C33H41N3O7S. The maximum absolute atomic E-state index is 14.2. The van der Waals surface area contributed by atoms with E-state index < -0.39 is 28.5 Å². The highest BCUT2D eigenvalue weighted by Gasteiger charge is 2.34. The molecule has 4 rings (SSSR count). The third kappa shape index (κ3) is 7.63. The van der Waals surface area contributed by atoms with Gasteiger partial charge in [0.1, 0.15) is 18.3 Å². The minimum atomic E-state index is -4.22. The zero-order chi connectivity index (χ0) is 31.9. The highest BCUT2D eigenvalue weighted by atomic mass is 32.2. The van der Waals surface area contributed by atoms with Gasteiger partial charge in [0.2, 0.25) is 11.8 Å². The summed E-state index contributed by atoms with van der Waals surface area (Å²) in [7, 11) is 0.262. The van der Waals surface area contributed by atoms with Crippen LogP contribution in [0.3, 0.4) is 0 Å². The van der Waals surface area contributed by atoms with Gasteiger partial charge >= 0.3 is 0 Å². The summed E-state index contributed by atoms with van der Waals surface area (Å²) >= 11 is 0. The number of ether oxygens (including phenoxy) is 3. The topological polar surface area (TPSA) is 114 Å². The largest absolute Gasteiger partial charge is 0.497 e. The average molecular weight is 624 g/mol. The summed E-state index contributed by atoms with van der Waals surface area (Å²) in [5.41, 5.74) is 1.84. The van der Waals surface area contributed by atoms with Gasteiger partial charge in [-0.3, -0.25) is 13.9 Å². The number of hydrogen-bond acceptors (Lipinski definition) is 7. The maximum Gasteiger partial charge on any atom is 0.264 e. The van der Waals surface area contributed by atoms with Crippen LogP contribution in [0.15, 0.2) is 71.6 Å². The quantitative estimate of drug-likeness (QED) is 0.294. The third-order valence-corrected chi connectivity index (χ3v) is 9.69. The van der Waals surface area contributed by atoms with Gasteiger partial charge < -0.3 is 24.4 Å². The Kier molecular flexibility index (Phi) is 10.7. The summed E-state index contributed by atoms with van der Waals surface area (Å²) in [4.78, 5) is 29.1. The van der Waals surface area contributed by atoms with E-state index in [1.165, 1.54) is 37.3 Å². The van der Waals surface area contributed by atoms with Crippen molar-refractivity contribution in [3.63, 3.8) is 0 Å². The molecule has 0 aliphatic heterocycles. The number of nitrogens with zero attached hydrogens (tertiary/aromatic N) is 2. The molecule has 0 bridgehead atoms. The molecule has 1 N–H and O–H groups in total. The van der Waals surface area contributed by atoms with Crippen molar-refractivity contribution >= 4 is 27.5 Å². The van der Waals surface area contributed by atoms with E-state index in [4.69, 9.17) is 14.2 Å². The lowest BCUT2D eigenvalue weighted by atomic mass is 10.1. The molecule has 0 aromatic heterocycles. The van der Waals surface area contributed by atoms with E-state index >= 15 is 0 Å². The Hall–Kier alpha value is -4.25. The van der Waals surface area contributed by atoms with Gasteiger partial charge in [-0.1, -0.05) is 42.7 Å². The first-order chi connectivity index (χ1) is 21.1. The van der Waals surface area contributed by atoms with Crippen LogP contribution in [-0.4, -0.2) is 65.1 Å². The first kappa shape index (κ1) is 32.7. The molecule has 236 valence electrons. The number of anilines is 1. The Morgan fingerprint density at radius 2 is 1.59 bits per heavy atom. The van der Waals surface area contributed by atoms with Gasteiger partial charge in [0.15, 0.2) is 11.5 Å². The van der Waals surface area contributed by atoms with E-state index in [1.54, 1.807) is 56.5 Å². The lowest BCUT2D eigenvalue weighted by Gasteiger charge is -2.32. The summed E-state index contributed by atoms with van der Waals surface area (Å²) in [5, 5.41) is 3.08. The number of hydrogen-bond donors (Lipinski definition) is 1. The van der Waals surface area contributed by atoms with E-state index in [1.807, 2.05) is 13.0 Å². The molecule has 44 heavy (non-hydrogen) atoms. The van der Waals surface area contributed by atoms with Crippen LogP contribution in [-0.2, 0) is 26.2 Å². The predicted octanol–water partition coefficient (Wildman–Crippen LogP) is 4.69. The second kappa shape index (κ2) is 14.5. The molecular weight excluding hydrogens is 582 g/mol. The van der Waals surface area contributed by atoms with E-state index in [9.17, 15) is 18.0 Å². The van der Waals surface area contributed by atoms with Gasteiger partial charge in [-0.15, -0.1) is 0 Å². The number of methoxy groups -OCH3 is 3. The Bertz CT molecular complexity index is 1550. The number of carbonyl (C=O) groups is 2. The van der Waals surface area contributed by atoms with Crippen molar-refractivity contribution in [2.75, 3.05) is 32.2 Å². The van der Waals surface area contributed by atoms with Crippen molar-refractivity contribution in [1.82, 2.24) is 10.2 Å². The summed E-state index contributed by atoms with van der Waals surface area (Å²) < 4.78 is 45.4. The number of carbonyl (C=O) groups excluding carboxylic acids is 2. The van der Waals surface area contributed by atoms with Crippen LogP contribution in [0.2, 0.25) is 0 Å². The van der Waals surface area contributed by atoms with Crippen molar-refractivity contribution < 1.29 is 32.2 Å². The third-order valence-electron chi connectivity index (χ3n) is 7.90. The van der Waals surface area contributed by atoms with Gasteiger partial charge in [-0.25, -0.2) is 8.42 Å². The summed E-state index contributed by atoms with van der Waals surface area (Å²) in [6.45, 7) is 3.04. The van der Waals surface area contributed by atoms with Crippen LogP contribution in [0.25, 0.3) is 0 Å². The molecule has 0 saturated heterocycles. The molecule has 1 atom stereocenters. The Morgan fingerprint density at radius 1 is 0.909 bits per heavy atom. The summed E-state index contributed by atoms with van der Waals surface area (Å²) in [5.74, 6) is 0.484. The molecule has 3 aromatic carbocycles. The Labute approximate surface area is 260 Å². The SMILES string of the molecule is COc1cccc(CN(C(=O)CN(c2ccc(OC)c(OC)c2)S(=O)(=O)c2ccc(C)cc2)[C@@H](C)C(=O)NC2CCCC2)c1. The molecule has 1 aliphatic carbocycles. The van der Waals surface area contributed by atoms with Crippen molar-refractivity contribution in [3.8, 4) is 17.2 Å². The van der Waals surface area contributed by atoms with E-state index in [-0.39, 0.29) is 29.1 Å². The van der Waals surface area contributed by atoms with Crippen molar-refractivity contribution in [2.24, 2.45) is 0 Å². The highest BCUT2D eigenvalue weighted by Crippen LogP contribution is 2.34. The predicted molar refractivity (Wildman–Crippen MR) is 169 cm³/mol. The Morgan fingerprint density at radius 3 is 2.23 bits per heavy atom. The first-order valence-electron chi connectivity index (χ1n) is 14.6. The smallest absolute Gasteiger partial charge is 0.264 e. The molecule has 1 aliphatic rings. The standard InChI is InChI=1S/C33H41N3O7S/c1-23-13-16-29(17-14-23)44(39,40)36(27-15-18-30(42-4)31(20-27)43-5)22-32(37)35(21-25-9-8-12-28(19-25)41-3)24(2)33(38)34-26-10-6-7-11-26/h8-9,12-20,24,26H,6-7,10-11,21-22H2,1-5H3,(H,34,38)/t24-/m0/s1. The minimum absolute atomic E-state index is 0.0251. The number of sulfonamides is 1. The molecule has 11 heteroatoms. The van der Waals surface area contributed by atoms with Crippen molar-refractivity contribution in [1.29, 1.82) is 0 Å². The van der Waals surface area contributed by atoms with Crippen LogP contribution in [0, 0.1) is 6.92 Å².